The number of carbonyl (C=O) groups is 1. The minimum absolute atomic E-state index is 0.251. The van der Waals surface area contributed by atoms with Gasteiger partial charge in [0, 0.05) is 25.7 Å². The van der Waals surface area contributed by atoms with E-state index >= 15 is 0 Å². The third-order valence-electron chi connectivity index (χ3n) is 4.03. The van der Waals surface area contributed by atoms with Crippen molar-refractivity contribution >= 4 is 11.8 Å². The van der Waals surface area contributed by atoms with Crippen molar-refractivity contribution < 1.29 is 9.90 Å². The molecule has 0 amide bonds. The highest BCUT2D eigenvalue weighted by molar-refractivity contribution is 5.93. The fourth-order valence-electron chi connectivity index (χ4n) is 3.12. The van der Waals surface area contributed by atoms with Gasteiger partial charge in [-0.05, 0) is 31.9 Å². The SMILES string of the molecule is O=C(O)c1ccnnc1N1CCCN2CCCC2C1. The van der Waals surface area contributed by atoms with Gasteiger partial charge in [0.05, 0.1) is 6.20 Å². The molecular formula is C13H18N4O2. The van der Waals surface area contributed by atoms with Crippen molar-refractivity contribution in [3.63, 3.8) is 0 Å². The van der Waals surface area contributed by atoms with Crippen molar-refractivity contribution in [1.29, 1.82) is 0 Å². The van der Waals surface area contributed by atoms with Crippen LogP contribution >= 0.6 is 0 Å². The molecule has 0 bridgehead atoms. The van der Waals surface area contributed by atoms with Gasteiger partial charge in [0.25, 0.3) is 0 Å². The molecule has 0 spiro atoms. The van der Waals surface area contributed by atoms with Crippen LogP contribution in [-0.4, -0.2) is 58.4 Å². The third kappa shape index (κ3) is 2.40. The summed E-state index contributed by atoms with van der Waals surface area (Å²) in [6, 6.07) is 2.06. The first kappa shape index (κ1) is 12.3. The minimum atomic E-state index is -0.933. The van der Waals surface area contributed by atoms with Crippen LogP contribution in [0.1, 0.15) is 29.6 Å². The quantitative estimate of drug-likeness (QED) is 0.852. The second-order valence-corrected chi connectivity index (χ2v) is 5.21. The first-order valence-electron chi connectivity index (χ1n) is 6.79. The lowest BCUT2D eigenvalue weighted by Crippen LogP contribution is -2.37. The lowest BCUT2D eigenvalue weighted by atomic mass is 10.2. The second-order valence-electron chi connectivity index (χ2n) is 5.21. The van der Waals surface area contributed by atoms with Crippen LogP contribution < -0.4 is 4.90 Å². The molecular weight excluding hydrogens is 244 g/mol. The van der Waals surface area contributed by atoms with Gasteiger partial charge in [-0.3, -0.25) is 4.90 Å². The number of hydrogen-bond donors (Lipinski definition) is 1. The van der Waals surface area contributed by atoms with E-state index in [1.165, 1.54) is 31.6 Å². The zero-order valence-electron chi connectivity index (χ0n) is 10.8. The Balaban J connectivity index is 1.87. The molecule has 2 saturated heterocycles. The zero-order valence-corrected chi connectivity index (χ0v) is 10.8. The van der Waals surface area contributed by atoms with Crippen LogP contribution in [0.25, 0.3) is 0 Å². The van der Waals surface area contributed by atoms with Gasteiger partial charge in [-0.25, -0.2) is 4.79 Å². The molecule has 6 nitrogen and oxygen atoms in total. The molecule has 1 aromatic heterocycles. The average Bonchev–Trinajstić information content (AvgIpc) is 2.76. The molecule has 2 fully saturated rings. The Bertz CT molecular complexity index is 479. The van der Waals surface area contributed by atoms with Crippen LogP contribution in [-0.2, 0) is 0 Å². The fraction of sp³-hybridized carbons (Fsp3) is 0.615. The first-order chi connectivity index (χ1) is 9.25. The molecule has 1 atom stereocenters. The van der Waals surface area contributed by atoms with E-state index in [0.29, 0.717) is 11.9 Å². The summed E-state index contributed by atoms with van der Waals surface area (Å²) in [6.07, 6.45) is 4.92. The van der Waals surface area contributed by atoms with E-state index in [1.807, 2.05) is 0 Å². The molecule has 102 valence electrons. The normalized spacial score (nSPS) is 24.0. The number of carboxylic acid groups (broad SMARTS) is 1. The first-order valence-corrected chi connectivity index (χ1v) is 6.79. The van der Waals surface area contributed by atoms with Gasteiger partial charge in [-0.2, -0.15) is 5.10 Å². The number of fused-ring (bicyclic) bond motifs is 1. The minimum Gasteiger partial charge on any atom is -0.478 e. The molecule has 0 radical (unpaired) electrons. The molecule has 1 N–H and O–H groups in total. The Kier molecular flexibility index (Phi) is 3.33. The number of aromatic carboxylic acids is 1. The highest BCUT2D eigenvalue weighted by Crippen LogP contribution is 2.25. The maximum Gasteiger partial charge on any atom is 0.339 e. The number of hydrogen-bond acceptors (Lipinski definition) is 5. The summed E-state index contributed by atoms with van der Waals surface area (Å²) < 4.78 is 0. The number of anilines is 1. The summed E-state index contributed by atoms with van der Waals surface area (Å²) in [6.45, 7) is 3.99. The monoisotopic (exact) mass is 262 g/mol. The van der Waals surface area contributed by atoms with Gasteiger partial charge in [-0.15, -0.1) is 5.10 Å². The summed E-state index contributed by atoms with van der Waals surface area (Å²) in [7, 11) is 0. The third-order valence-corrected chi connectivity index (χ3v) is 4.03. The maximum atomic E-state index is 11.3. The van der Waals surface area contributed by atoms with E-state index < -0.39 is 5.97 Å². The number of aromatic nitrogens is 2. The van der Waals surface area contributed by atoms with Crippen LogP contribution in [0, 0.1) is 0 Å². The number of rotatable bonds is 2. The lowest BCUT2D eigenvalue weighted by molar-refractivity contribution is 0.0697. The average molecular weight is 262 g/mol. The van der Waals surface area contributed by atoms with Gasteiger partial charge < -0.3 is 10.0 Å². The molecule has 3 rings (SSSR count). The van der Waals surface area contributed by atoms with E-state index in [9.17, 15) is 9.90 Å². The van der Waals surface area contributed by atoms with Crippen molar-refractivity contribution in [2.24, 2.45) is 0 Å². The van der Waals surface area contributed by atoms with Gasteiger partial charge in [-0.1, -0.05) is 0 Å². The van der Waals surface area contributed by atoms with Crippen LogP contribution in [0.3, 0.4) is 0 Å². The van der Waals surface area contributed by atoms with E-state index in [-0.39, 0.29) is 5.56 Å². The van der Waals surface area contributed by atoms with Gasteiger partial charge in [0.2, 0.25) is 0 Å². The Morgan fingerprint density at radius 1 is 1.32 bits per heavy atom. The summed E-state index contributed by atoms with van der Waals surface area (Å²) in [5, 5.41) is 17.2. The lowest BCUT2D eigenvalue weighted by Gasteiger charge is -2.26. The van der Waals surface area contributed by atoms with Gasteiger partial charge >= 0.3 is 5.97 Å². The van der Waals surface area contributed by atoms with Crippen molar-refractivity contribution in [3.05, 3.63) is 17.8 Å². The standard InChI is InChI=1S/C13H18N4O2/c18-13(19)11-4-5-14-15-12(11)17-8-2-7-16-6-1-3-10(16)9-17/h4-5,10H,1-3,6-9H2,(H,18,19). The Hall–Kier alpha value is -1.69. The van der Waals surface area contributed by atoms with Crippen LogP contribution in [0.2, 0.25) is 0 Å². The van der Waals surface area contributed by atoms with E-state index in [1.54, 1.807) is 0 Å². The summed E-state index contributed by atoms with van der Waals surface area (Å²) in [5.74, 6) is -0.416. The van der Waals surface area contributed by atoms with Gasteiger partial charge in [0.1, 0.15) is 5.56 Å². The predicted molar refractivity (Wildman–Crippen MR) is 70.4 cm³/mol. The highest BCUT2D eigenvalue weighted by Gasteiger charge is 2.30. The fourth-order valence-corrected chi connectivity index (χ4v) is 3.12. The molecule has 19 heavy (non-hydrogen) atoms. The van der Waals surface area contributed by atoms with Crippen molar-refractivity contribution in [1.82, 2.24) is 15.1 Å². The Labute approximate surface area is 112 Å². The zero-order chi connectivity index (χ0) is 13.2. The molecule has 0 saturated carbocycles. The van der Waals surface area contributed by atoms with Crippen LogP contribution in [0.5, 0.6) is 0 Å². The van der Waals surface area contributed by atoms with Crippen molar-refractivity contribution in [3.8, 4) is 0 Å². The molecule has 1 aromatic rings. The second kappa shape index (κ2) is 5.13. The van der Waals surface area contributed by atoms with E-state index in [0.717, 1.165) is 26.1 Å². The number of nitrogens with zero attached hydrogens (tertiary/aromatic N) is 4. The van der Waals surface area contributed by atoms with E-state index in [4.69, 9.17) is 0 Å². The molecule has 2 aliphatic heterocycles. The Morgan fingerprint density at radius 2 is 2.16 bits per heavy atom. The summed E-state index contributed by atoms with van der Waals surface area (Å²) >= 11 is 0. The van der Waals surface area contributed by atoms with Crippen molar-refractivity contribution in [2.75, 3.05) is 31.1 Å². The molecule has 1 unspecified atom stereocenters. The van der Waals surface area contributed by atoms with Crippen LogP contribution in [0.15, 0.2) is 12.3 Å². The Morgan fingerprint density at radius 3 is 3.00 bits per heavy atom. The number of carboxylic acids is 1. The topological polar surface area (TPSA) is 69.6 Å². The summed E-state index contributed by atoms with van der Waals surface area (Å²) in [4.78, 5) is 15.9. The summed E-state index contributed by atoms with van der Waals surface area (Å²) in [5.41, 5.74) is 0.251. The van der Waals surface area contributed by atoms with E-state index in [2.05, 4.69) is 20.0 Å². The molecule has 0 aromatic carbocycles. The molecule has 3 heterocycles. The maximum absolute atomic E-state index is 11.3. The van der Waals surface area contributed by atoms with Crippen molar-refractivity contribution in [2.45, 2.75) is 25.3 Å². The molecule has 0 aliphatic carbocycles. The highest BCUT2D eigenvalue weighted by atomic mass is 16.4. The molecule has 2 aliphatic rings. The largest absolute Gasteiger partial charge is 0.478 e. The smallest absolute Gasteiger partial charge is 0.339 e. The molecule has 6 heteroatoms. The van der Waals surface area contributed by atoms with Crippen LogP contribution in [0.4, 0.5) is 5.82 Å². The van der Waals surface area contributed by atoms with Gasteiger partial charge in [0.15, 0.2) is 5.82 Å². The predicted octanol–water partition coefficient (Wildman–Crippen LogP) is 0.849.